The van der Waals surface area contributed by atoms with E-state index in [1.54, 1.807) is 24.3 Å². The zero-order valence-corrected chi connectivity index (χ0v) is 17.5. The Balaban J connectivity index is 1.89. The number of amides is 1. The fourth-order valence-corrected chi connectivity index (χ4v) is 3.91. The molecule has 0 fully saturated rings. The van der Waals surface area contributed by atoms with Gasteiger partial charge in [-0.25, -0.2) is 0 Å². The second-order valence-electron chi connectivity index (χ2n) is 4.90. The van der Waals surface area contributed by atoms with Gasteiger partial charge in [-0.15, -0.1) is 11.3 Å². The van der Waals surface area contributed by atoms with Crippen molar-refractivity contribution in [2.45, 2.75) is 6.10 Å². The Bertz CT molecular complexity index is 696. The van der Waals surface area contributed by atoms with Crippen molar-refractivity contribution in [1.82, 2.24) is 5.32 Å². The van der Waals surface area contributed by atoms with Crippen LogP contribution in [-0.4, -0.2) is 44.5 Å². The average molecular weight is 495 g/mol. The lowest BCUT2D eigenvalue weighted by molar-refractivity contribution is 0.0836. The minimum Gasteiger partial charge on any atom is -0.493 e. The molecule has 0 radical (unpaired) electrons. The topological polar surface area (TPSA) is 77.0 Å². The first-order chi connectivity index (χ1) is 12.0. The van der Waals surface area contributed by atoms with Gasteiger partial charge >= 0.3 is 0 Å². The van der Waals surface area contributed by atoms with Gasteiger partial charge in [-0.05, 0) is 50.1 Å². The van der Waals surface area contributed by atoms with E-state index in [1.807, 2.05) is 0 Å². The fourth-order valence-electron chi connectivity index (χ4n) is 1.95. The highest BCUT2D eigenvalue weighted by Crippen LogP contribution is 2.36. The monoisotopic (exact) mass is 493 g/mol. The van der Waals surface area contributed by atoms with Crippen LogP contribution in [0.15, 0.2) is 32.5 Å². The third-order valence-corrected chi connectivity index (χ3v) is 6.42. The van der Waals surface area contributed by atoms with Crippen molar-refractivity contribution in [2.75, 3.05) is 27.4 Å². The molecule has 0 saturated heterocycles. The highest BCUT2D eigenvalue weighted by atomic mass is 79.9. The number of hydrogen-bond donors (Lipinski definition) is 2. The summed E-state index contributed by atoms with van der Waals surface area (Å²) in [5.74, 6) is 1.15. The van der Waals surface area contributed by atoms with E-state index in [4.69, 9.17) is 14.2 Å². The van der Waals surface area contributed by atoms with Crippen molar-refractivity contribution in [1.29, 1.82) is 0 Å². The van der Waals surface area contributed by atoms with Gasteiger partial charge < -0.3 is 24.6 Å². The van der Waals surface area contributed by atoms with Crippen LogP contribution >= 0.6 is 43.2 Å². The van der Waals surface area contributed by atoms with Crippen LogP contribution in [0, 0.1) is 0 Å². The van der Waals surface area contributed by atoms with Gasteiger partial charge in [0.2, 0.25) is 5.75 Å². The second-order valence-corrected chi connectivity index (χ2v) is 8.12. The molecule has 25 heavy (non-hydrogen) atoms. The van der Waals surface area contributed by atoms with Crippen molar-refractivity contribution in [3.63, 3.8) is 0 Å². The molecule has 0 aliphatic heterocycles. The number of halogens is 2. The van der Waals surface area contributed by atoms with Crippen LogP contribution in [-0.2, 0) is 0 Å². The van der Waals surface area contributed by atoms with Gasteiger partial charge in [0.25, 0.3) is 5.91 Å². The summed E-state index contributed by atoms with van der Waals surface area (Å²) in [4.78, 5) is 12.6. The van der Waals surface area contributed by atoms with Crippen molar-refractivity contribution in [2.24, 2.45) is 0 Å². The molecule has 2 N–H and O–H groups in total. The molecule has 1 heterocycles. The molecule has 0 bridgehead atoms. The summed E-state index contributed by atoms with van der Waals surface area (Å²) in [7, 11) is 3.05. The molecule has 1 unspecified atom stereocenters. The first-order valence-corrected chi connectivity index (χ1v) is 9.61. The van der Waals surface area contributed by atoms with E-state index in [2.05, 4.69) is 37.2 Å². The first-order valence-electron chi connectivity index (χ1n) is 7.21. The molecule has 136 valence electrons. The molecular weight excluding hydrogens is 478 g/mol. The number of aliphatic hydroxyl groups excluding tert-OH is 1. The van der Waals surface area contributed by atoms with Crippen molar-refractivity contribution in [3.8, 4) is 17.2 Å². The lowest BCUT2D eigenvalue weighted by atomic mass is 10.3. The van der Waals surface area contributed by atoms with Gasteiger partial charge in [-0.2, -0.15) is 0 Å². The van der Waals surface area contributed by atoms with Gasteiger partial charge in [0.1, 0.15) is 12.7 Å². The van der Waals surface area contributed by atoms with Gasteiger partial charge in [0.15, 0.2) is 11.5 Å². The Morgan fingerprint density at radius 3 is 2.44 bits per heavy atom. The van der Waals surface area contributed by atoms with Crippen LogP contribution in [0.2, 0.25) is 0 Å². The van der Waals surface area contributed by atoms with E-state index in [9.17, 15) is 9.90 Å². The lowest BCUT2D eigenvalue weighted by Crippen LogP contribution is -2.35. The minimum absolute atomic E-state index is 0.0190. The van der Waals surface area contributed by atoms with E-state index < -0.39 is 6.10 Å². The smallest absolute Gasteiger partial charge is 0.261 e. The summed E-state index contributed by atoms with van der Waals surface area (Å²) < 4.78 is 17.7. The molecule has 0 aliphatic rings. The minimum atomic E-state index is -0.884. The first kappa shape index (κ1) is 20.0. The Kier molecular flexibility index (Phi) is 7.55. The summed E-state index contributed by atoms with van der Waals surface area (Å²) >= 11 is 7.98. The largest absolute Gasteiger partial charge is 0.493 e. The van der Waals surface area contributed by atoms with Crippen molar-refractivity contribution < 1.29 is 24.1 Å². The zero-order chi connectivity index (χ0) is 18.4. The quantitative estimate of drug-likeness (QED) is 0.587. The zero-order valence-electron chi connectivity index (χ0n) is 13.5. The highest BCUT2D eigenvalue weighted by Gasteiger charge is 2.16. The highest BCUT2D eigenvalue weighted by molar-refractivity contribution is 9.13. The molecule has 0 saturated carbocycles. The molecule has 0 aliphatic carbocycles. The van der Waals surface area contributed by atoms with Crippen molar-refractivity contribution in [3.05, 3.63) is 37.4 Å². The molecule has 1 aromatic carbocycles. The molecule has 1 aromatic heterocycles. The second kappa shape index (κ2) is 9.42. The normalized spacial score (nSPS) is 11.7. The fraction of sp³-hybridized carbons (Fsp3) is 0.312. The Hall–Kier alpha value is -1.29. The van der Waals surface area contributed by atoms with E-state index >= 15 is 0 Å². The Morgan fingerprint density at radius 2 is 1.92 bits per heavy atom. The number of methoxy groups -OCH3 is 2. The summed E-state index contributed by atoms with van der Waals surface area (Å²) in [5.41, 5.74) is 0. The number of aliphatic hydroxyl groups is 1. The maximum atomic E-state index is 12.1. The molecule has 0 spiro atoms. The third-order valence-electron chi connectivity index (χ3n) is 3.17. The van der Waals surface area contributed by atoms with Crippen LogP contribution in [0.3, 0.4) is 0 Å². The van der Waals surface area contributed by atoms with E-state index in [0.717, 1.165) is 8.26 Å². The lowest BCUT2D eigenvalue weighted by Gasteiger charge is -2.17. The predicted octanol–water partition coefficient (Wildman–Crippen LogP) is 3.46. The van der Waals surface area contributed by atoms with Gasteiger partial charge in [-0.3, -0.25) is 4.79 Å². The maximum absolute atomic E-state index is 12.1. The van der Waals surface area contributed by atoms with Gasteiger partial charge in [0, 0.05) is 11.0 Å². The van der Waals surface area contributed by atoms with Crippen molar-refractivity contribution >= 4 is 49.1 Å². The summed E-state index contributed by atoms with van der Waals surface area (Å²) in [6.07, 6.45) is -0.884. The van der Waals surface area contributed by atoms with Crippen LogP contribution in [0.1, 0.15) is 9.67 Å². The Labute approximate surface area is 166 Å². The number of benzene rings is 1. The Morgan fingerprint density at radius 1 is 1.28 bits per heavy atom. The van der Waals surface area contributed by atoms with Crippen LogP contribution in [0.25, 0.3) is 0 Å². The summed E-state index contributed by atoms with van der Waals surface area (Å²) in [6, 6.07) is 6.96. The number of hydrogen-bond acceptors (Lipinski definition) is 6. The number of thiophene rings is 1. The van der Waals surface area contributed by atoms with E-state index in [1.165, 1.54) is 25.6 Å². The molecule has 9 heteroatoms. The predicted molar refractivity (Wildman–Crippen MR) is 103 cm³/mol. The number of carbonyl (C=O) groups is 1. The van der Waals surface area contributed by atoms with Crippen LogP contribution < -0.4 is 19.5 Å². The molecule has 2 rings (SSSR count). The number of nitrogens with one attached hydrogen (secondary N) is 1. The maximum Gasteiger partial charge on any atom is 0.261 e. The van der Waals surface area contributed by atoms with Crippen LogP contribution in [0.5, 0.6) is 17.2 Å². The number of carbonyl (C=O) groups excluding carboxylic acids is 1. The standard InChI is InChI=1S/C16H17Br2NO5S/c1-22-11-4-3-5-12(23-2)14(11)24-8-9(20)7-19-16(21)13-6-10(17)15(18)25-13/h3-6,9,20H,7-8H2,1-2H3,(H,19,21). The van der Waals surface area contributed by atoms with Crippen LogP contribution in [0.4, 0.5) is 0 Å². The average Bonchev–Trinajstić information content (AvgIpc) is 2.96. The van der Waals surface area contributed by atoms with E-state index in [0.29, 0.717) is 22.1 Å². The van der Waals surface area contributed by atoms with Gasteiger partial charge in [0.05, 0.1) is 22.9 Å². The summed E-state index contributed by atoms with van der Waals surface area (Å²) in [5, 5.41) is 12.7. The molecular formula is C16H17Br2NO5S. The number of para-hydroxylation sites is 1. The van der Waals surface area contributed by atoms with E-state index in [-0.39, 0.29) is 19.1 Å². The summed E-state index contributed by atoms with van der Waals surface area (Å²) in [6.45, 7) is 0.0400. The molecule has 6 nitrogen and oxygen atoms in total. The van der Waals surface area contributed by atoms with Gasteiger partial charge in [-0.1, -0.05) is 6.07 Å². The molecule has 1 atom stereocenters. The number of ether oxygens (including phenoxy) is 3. The molecule has 1 amide bonds. The number of rotatable bonds is 8. The third kappa shape index (κ3) is 5.34. The SMILES string of the molecule is COc1cccc(OC)c1OCC(O)CNC(=O)c1cc(Br)c(Br)s1. The molecule has 2 aromatic rings.